The van der Waals surface area contributed by atoms with Gasteiger partial charge in [-0.2, -0.15) is 0 Å². The molecule has 0 spiro atoms. The zero-order chi connectivity index (χ0) is 12.3. The van der Waals surface area contributed by atoms with E-state index in [-0.39, 0.29) is 0 Å². The van der Waals surface area contributed by atoms with Crippen molar-refractivity contribution in [3.05, 3.63) is 67.8 Å². The minimum absolute atomic E-state index is 0.713. The van der Waals surface area contributed by atoms with Gasteiger partial charge in [-0.05, 0) is 0 Å². The first-order valence-electron chi connectivity index (χ1n) is 4.87. The van der Waals surface area contributed by atoms with Gasteiger partial charge in [0.25, 0.3) is 0 Å². The molecule has 2 aromatic rings. The summed E-state index contributed by atoms with van der Waals surface area (Å²) in [4.78, 5) is 0. The predicted molar refractivity (Wildman–Crippen MR) is 75.8 cm³/mol. The zero-order valence-corrected chi connectivity index (χ0v) is 11.8. The van der Waals surface area contributed by atoms with E-state index in [0.29, 0.717) is 7.14 Å². The summed E-state index contributed by atoms with van der Waals surface area (Å²) in [6.45, 7) is 0. The van der Waals surface area contributed by atoms with Gasteiger partial charge in [0.15, 0.2) is 0 Å². The molecule has 2 aromatic carbocycles. The van der Waals surface area contributed by atoms with E-state index >= 15 is 0 Å². The van der Waals surface area contributed by atoms with Gasteiger partial charge >= 0.3 is 106 Å². The molecule has 0 fully saturated rings. The van der Waals surface area contributed by atoms with Crippen LogP contribution >= 0.6 is 18.4 Å². The SMILES string of the molecule is O=S(=O)(O)I(c1ccccc1)c1ccccc1. The van der Waals surface area contributed by atoms with Gasteiger partial charge in [0.1, 0.15) is 0 Å². The van der Waals surface area contributed by atoms with Crippen LogP contribution in [0.4, 0.5) is 0 Å². The summed E-state index contributed by atoms with van der Waals surface area (Å²) < 4.78 is 34.0. The Morgan fingerprint density at radius 1 is 0.765 bits per heavy atom. The summed E-state index contributed by atoms with van der Waals surface area (Å²) in [5, 5.41) is 0. The third kappa shape index (κ3) is 3.05. The number of rotatable bonds is 3. The van der Waals surface area contributed by atoms with Crippen LogP contribution in [0, 0.1) is 7.14 Å². The van der Waals surface area contributed by atoms with E-state index in [0.717, 1.165) is 0 Å². The molecule has 1 N–H and O–H groups in total. The van der Waals surface area contributed by atoms with E-state index in [4.69, 9.17) is 0 Å². The number of hydrogen-bond acceptors (Lipinski definition) is 2. The first kappa shape index (κ1) is 12.5. The molecule has 0 bridgehead atoms. The molecule has 0 amide bonds. The molecule has 0 radical (unpaired) electrons. The van der Waals surface area contributed by atoms with Crippen molar-refractivity contribution in [2.24, 2.45) is 0 Å². The fourth-order valence-electron chi connectivity index (χ4n) is 1.41. The van der Waals surface area contributed by atoms with Gasteiger partial charge in [-0.3, -0.25) is 0 Å². The summed E-state index contributed by atoms with van der Waals surface area (Å²) >= 11 is -2.81. The molecule has 0 saturated carbocycles. The van der Waals surface area contributed by atoms with Crippen molar-refractivity contribution in [3.63, 3.8) is 0 Å². The van der Waals surface area contributed by atoms with Crippen LogP contribution in [0.25, 0.3) is 0 Å². The first-order chi connectivity index (χ1) is 8.09. The second kappa shape index (κ2) is 5.16. The maximum atomic E-state index is 11.6. The van der Waals surface area contributed by atoms with E-state index in [1.807, 2.05) is 12.1 Å². The molecule has 17 heavy (non-hydrogen) atoms. The van der Waals surface area contributed by atoms with Crippen LogP contribution in [-0.4, -0.2) is 13.0 Å². The summed E-state index contributed by atoms with van der Waals surface area (Å²) in [5.74, 6) is 0. The average Bonchev–Trinajstić information content (AvgIpc) is 2.30. The molecule has 0 aromatic heterocycles. The molecule has 0 heterocycles. The summed E-state index contributed by atoms with van der Waals surface area (Å²) in [7, 11) is -4.01. The Bertz CT molecular complexity index is 542. The normalized spacial score (nSPS) is 12.2. The summed E-state index contributed by atoms with van der Waals surface area (Å²) in [6, 6.07) is 17.8. The molecule has 0 aliphatic rings. The molecule has 5 heteroatoms. The van der Waals surface area contributed by atoms with E-state index in [1.165, 1.54) is 0 Å². The van der Waals surface area contributed by atoms with Gasteiger partial charge in [0, 0.05) is 0 Å². The van der Waals surface area contributed by atoms with Crippen molar-refractivity contribution in [3.8, 4) is 0 Å². The Morgan fingerprint density at radius 3 is 1.41 bits per heavy atom. The Hall–Kier alpha value is -0.920. The maximum absolute atomic E-state index is 11.6. The number of halogens is 1. The third-order valence-electron chi connectivity index (χ3n) is 2.06. The van der Waals surface area contributed by atoms with Crippen LogP contribution in [0.1, 0.15) is 0 Å². The molecule has 0 saturated heterocycles. The number of benzene rings is 2. The molecule has 0 aliphatic heterocycles. The van der Waals surface area contributed by atoms with E-state index < -0.39 is 25.7 Å². The van der Waals surface area contributed by atoms with Crippen molar-refractivity contribution in [1.29, 1.82) is 0 Å². The molecule has 0 unspecified atom stereocenters. The Kier molecular flexibility index (Phi) is 3.80. The average molecular weight is 362 g/mol. The van der Waals surface area contributed by atoms with Crippen molar-refractivity contribution in [2.45, 2.75) is 0 Å². The minimum atomic E-state index is -4.01. The molecular formula is C12H11IO3S. The van der Waals surface area contributed by atoms with Crippen LogP contribution in [0.2, 0.25) is 0 Å². The van der Waals surface area contributed by atoms with Crippen LogP contribution < -0.4 is 0 Å². The van der Waals surface area contributed by atoms with Crippen molar-refractivity contribution >= 4 is 25.7 Å². The molecule has 0 aliphatic carbocycles. The van der Waals surface area contributed by atoms with Crippen molar-refractivity contribution in [1.82, 2.24) is 0 Å². The molecular weight excluding hydrogens is 351 g/mol. The van der Waals surface area contributed by atoms with Crippen LogP contribution in [0.15, 0.2) is 60.7 Å². The third-order valence-corrected chi connectivity index (χ3v) is 11.9. The molecule has 0 atom stereocenters. The van der Waals surface area contributed by atoms with Crippen molar-refractivity contribution < 1.29 is 13.0 Å². The van der Waals surface area contributed by atoms with Gasteiger partial charge < -0.3 is 0 Å². The molecule has 2 rings (SSSR count). The Balaban J connectivity index is 2.56. The second-order valence-corrected chi connectivity index (χ2v) is 13.4. The Morgan fingerprint density at radius 2 is 1.12 bits per heavy atom. The van der Waals surface area contributed by atoms with E-state index in [2.05, 4.69) is 0 Å². The van der Waals surface area contributed by atoms with Gasteiger partial charge in [0.2, 0.25) is 0 Å². The van der Waals surface area contributed by atoms with Gasteiger partial charge in [-0.15, -0.1) is 0 Å². The Labute approximate surface area is 106 Å². The van der Waals surface area contributed by atoms with E-state index in [1.54, 1.807) is 48.5 Å². The predicted octanol–water partition coefficient (Wildman–Crippen LogP) is 3.04. The second-order valence-electron chi connectivity index (χ2n) is 3.25. The van der Waals surface area contributed by atoms with Gasteiger partial charge in [-0.1, -0.05) is 0 Å². The molecule has 90 valence electrons. The first-order valence-corrected chi connectivity index (χ1v) is 11.0. The summed E-state index contributed by atoms with van der Waals surface area (Å²) in [6.07, 6.45) is 0. The standard InChI is InChI=1S/C12H11IO3S/c14-17(15,16)13(11-7-3-1-4-8-11)12-9-5-2-6-10-12/h1-10H,(H,14,15,16). The quantitative estimate of drug-likeness (QED) is 0.519. The zero-order valence-electron chi connectivity index (χ0n) is 8.82. The monoisotopic (exact) mass is 362 g/mol. The van der Waals surface area contributed by atoms with Crippen LogP contribution in [-0.2, 0) is 7.29 Å². The molecule has 3 nitrogen and oxygen atoms in total. The van der Waals surface area contributed by atoms with Crippen LogP contribution in [0.5, 0.6) is 0 Å². The van der Waals surface area contributed by atoms with Gasteiger partial charge in [0.05, 0.1) is 0 Å². The van der Waals surface area contributed by atoms with Crippen LogP contribution in [0.3, 0.4) is 0 Å². The van der Waals surface area contributed by atoms with Gasteiger partial charge in [-0.25, -0.2) is 0 Å². The van der Waals surface area contributed by atoms with E-state index in [9.17, 15) is 13.0 Å². The number of hydrogen-bond donors (Lipinski definition) is 1. The fraction of sp³-hybridized carbons (Fsp3) is 0. The van der Waals surface area contributed by atoms with Crippen molar-refractivity contribution in [2.75, 3.05) is 0 Å². The topological polar surface area (TPSA) is 54.4 Å². The summed E-state index contributed by atoms with van der Waals surface area (Å²) in [5.41, 5.74) is 0. The fourth-order valence-corrected chi connectivity index (χ4v) is 9.95.